The van der Waals surface area contributed by atoms with Gasteiger partial charge in [-0.15, -0.1) is 0 Å². The molecule has 4 aromatic rings. The summed E-state index contributed by atoms with van der Waals surface area (Å²) in [5.41, 5.74) is 5.19. The smallest absolute Gasteiger partial charge is 0.280 e. The van der Waals surface area contributed by atoms with E-state index >= 15 is 0 Å². The van der Waals surface area contributed by atoms with E-state index in [2.05, 4.69) is 38.3 Å². The molecule has 0 aliphatic heterocycles. The molecule has 0 amide bonds. The predicted molar refractivity (Wildman–Crippen MR) is 126 cm³/mol. The van der Waals surface area contributed by atoms with E-state index in [0.29, 0.717) is 6.42 Å². The monoisotopic (exact) mass is 443 g/mol. The molecule has 5 nitrogen and oxygen atoms in total. The highest BCUT2D eigenvalue weighted by molar-refractivity contribution is 5.64. The van der Waals surface area contributed by atoms with Gasteiger partial charge < -0.3 is 5.32 Å². The summed E-state index contributed by atoms with van der Waals surface area (Å²) < 4.78 is 25.9. The van der Waals surface area contributed by atoms with Crippen LogP contribution in [0.3, 0.4) is 0 Å². The number of alkyl halides is 2. The predicted octanol–water partition coefficient (Wildman–Crippen LogP) is 6.49. The Balaban J connectivity index is 1.45. The number of nitrogens with one attached hydrogen (secondary N) is 1. The Hall–Kier alpha value is -4.00. The van der Waals surface area contributed by atoms with Crippen molar-refractivity contribution in [2.24, 2.45) is 0 Å². The first-order valence-corrected chi connectivity index (χ1v) is 10.6. The summed E-state index contributed by atoms with van der Waals surface area (Å²) in [6.45, 7) is 2.08. The fourth-order valence-electron chi connectivity index (χ4n) is 3.43. The van der Waals surface area contributed by atoms with Crippen LogP contribution in [0.15, 0.2) is 91.3 Å². The fourth-order valence-corrected chi connectivity index (χ4v) is 3.43. The highest BCUT2D eigenvalue weighted by Gasteiger charge is 2.10. The van der Waals surface area contributed by atoms with Crippen molar-refractivity contribution in [1.82, 2.24) is 19.9 Å². The van der Waals surface area contributed by atoms with E-state index in [1.54, 1.807) is 30.9 Å². The van der Waals surface area contributed by atoms with Crippen LogP contribution in [0.5, 0.6) is 0 Å². The number of benzene rings is 1. The van der Waals surface area contributed by atoms with E-state index in [1.807, 2.05) is 36.4 Å². The van der Waals surface area contributed by atoms with Gasteiger partial charge in [0.25, 0.3) is 6.43 Å². The summed E-state index contributed by atoms with van der Waals surface area (Å²) in [6, 6.07) is 14.9. The number of pyridine rings is 2. The average molecular weight is 444 g/mol. The van der Waals surface area contributed by atoms with E-state index in [9.17, 15) is 8.78 Å². The van der Waals surface area contributed by atoms with E-state index in [0.717, 1.165) is 45.9 Å². The molecule has 4 rings (SSSR count). The minimum atomic E-state index is -2.58. The molecule has 166 valence electrons. The largest absolute Gasteiger partial charge is 0.344 e. The number of nitrogens with zero attached hydrogens (tertiary/aromatic N) is 4. The summed E-state index contributed by atoms with van der Waals surface area (Å²) in [5.74, 6) is 0.746. The number of aromatic nitrogens is 4. The third kappa shape index (κ3) is 5.83. The Labute approximate surface area is 191 Å². The Morgan fingerprint density at radius 2 is 1.70 bits per heavy atom. The van der Waals surface area contributed by atoms with Crippen molar-refractivity contribution in [2.75, 3.05) is 5.32 Å². The van der Waals surface area contributed by atoms with Gasteiger partial charge in [0.2, 0.25) is 0 Å². The minimum Gasteiger partial charge on any atom is -0.344 e. The van der Waals surface area contributed by atoms with Gasteiger partial charge in [0.1, 0.15) is 11.5 Å². The molecular weight excluding hydrogens is 420 g/mol. The zero-order valence-corrected chi connectivity index (χ0v) is 18.1. The van der Waals surface area contributed by atoms with Crippen LogP contribution in [0.4, 0.5) is 14.6 Å². The van der Waals surface area contributed by atoms with E-state index in [-0.39, 0.29) is 5.69 Å². The maximum absolute atomic E-state index is 12.9. The molecule has 0 aliphatic rings. The van der Waals surface area contributed by atoms with Crippen LogP contribution in [0.1, 0.15) is 31.0 Å². The van der Waals surface area contributed by atoms with Gasteiger partial charge in [-0.3, -0.25) is 15.0 Å². The van der Waals surface area contributed by atoms with Crippen LogP contribution in [0, 0.1) is 0 Å². The van der Waals surface area contributed by atoms with Crippen molar-refractivity contribution in [3.63, 3.8) is 0 Å². The molecule has 0 bridgehead atoms. The lowest BCUT2D eigenvalue weighted by Gasteiger charge is -2.12. The van der Waals surface area contributed by atoms with E-state index < -0.39 is 6.43 Å². The maximum atomic E-state index is 12.9. The van der Waals surface area contributed by atoms with Crippen molar-refractivity contribution in [3.05, 3.63) is 103 Å². The maximum Gasteiger partial charge on any atom is 0.280 e. The molecule has 3 aromatic heterocycles. The van der Waals surface area contributed by atoms with Crippen molar-refractivity contribution in [2.45, 2.75) is 26.2 Å². The molecule has 0 aliphatic carbocycles. The first kappa shape index (κ1) is 22.2. The van der Waals surface area contributed by atoms with Crippen molar-refractivity contribution >= 4 is 5.82 Å². The third-order valence-electron chi connectivity index (χ3n) is 5.05. The Kier molecular flexibility index (Phi) is 7.09. The second-order valence-electron chi connectivity index (χ2n) is 7.43. The normalized spacial score (nSPS) is 11.6. The zero-order valence-electron chi connectivity index (χ0n) is 18.1. The van der Waals surface area contributed by atoms with Gasteiger partial charge in [-0.1, -0.05) is 37.3 Å². The summed E-state index contributed by atoms with van der Waals surface area (Å²) in [7, 11) is 0. The summed E-state index contributed by atoms with van der Waals surface area (Å²) in [6.07, 6.45) is 9.30. The second kappa shape index (κ2) is 10.5. The number of hydrogen-bond acceptors (Lipinski definition) is 5. The number of rotatable bonds is 8. The lowest BCUT2D eigenvalue weighted by atomic mass is 10.0. The van der Waals surface area contributed by atoms with Gasteiger partial charge in [0.15, 0.2) is 0 Å². The Bertz CT molecular complexity index is 1210. The van der Waals surface area contributed by atoms with Crippen LogP contribution in [-0.4, -0.2) is 19.9 Å². The standard InChI is InChI=1S/C26H23F2N5/c1-2-3-22(33-25-9-8-21(16-32-25)24-17-29-12-13-31-24)14-18-4-6-19(7-5-18)20-10-11-30-23(15-20)26(27)28/h3-13,15-17,26H,2,14H2,1H3,(H,32,33)/b22-3-. The van der Waals surface area contributed by atoms with E-state index in [1.165, 1.54) is 12.3 Å². The molecule has 3 heterocycles. The molecule has 1 aromatic carbocycles. The second-order valence-corrected chi connectivity index (χ2v) is 7.43. The molecule has 0 fully saturated rings. The minimum absolute atomic E-state index is 0.216. The van der Waals surface area contributed by atoms with Crippen molar-refractivity contribution in [3.8, 4) is 22.4 Å². The topological polar surface area (TPSA) is 63.6 Å². The lowest BCUT2D eigenvalue weighted by molar-refractivity contribution is 0.146. The molecule has 0 saturated carbocycles. The summed E-state index contributed by atoms with van der Waals surface area (Å²) in [5, 5.41) is 3.40. The summed E-state index contributed by atoms with van der Waals surface area (Å²) >= 11 is 0. The number of hydrogen-bond donors (Lipinski definition) is 1. The average Bonchev–Trinajstić information content (AvgIpc) is 2.86. The van der Waals surface area contributed by atoms with Crippen LogP contribution in [-0.2, 0) is 6.42 Å². The first-order valence-electron chi connectivity index (χ1n) is 10.6. The molecule has 1 N–H and O–H groups in total. The van der Waals surface area contributed by atoms with Crippen LogP contribution in [0.25, 0.3) is 22.4 Å². The molecule has 7 heteroatoms. The quantitative estimate of drug-likeness (QED) is 0.337. The van der Waals surface area contributed by atoms with Gasteiger partial charge >= 0.3 is 0 Å². The van der Waals surface area contributed by atoms with Crippen LogP contribution in [0.2, 0.25) is 0 Å². The number of allylic oxidation sites excluding steroid dienone is 2. The molecule has 0 unspecified atom stereocenters. The fraction of sp³-hybridized carbons (Fsp3) is 0.154. The van der Waals surface area contributed by atoms with Gasteiger partial charge in [-0.25, -0.2) is 13.8 Å². The molecule has 0 spiro atoms. The highest BCUT2D eigenvalue weighted by atomic mass is 19.3. The molecular formula is C26H23F2N5. The number of anilines is 1. The van der Waals surface area contributed by atoms with Gasteiger partial charge in [0.05, 0.1) is 11.9 Å². The number of halogens is 2. The Morgan fingerprint density at radius 1 is 0.879 bits per heavy atom. The van der Waals surface area contributed by atoms with E-state index in [4.69, 9.17) is 0 Å². The van der Waals surface area contributed by atoms with Gasteiger partial charge in [-0.2, -0.15) is 0 Å². The molecule has 0 saturated heterocycles. The molecule has 0 atom stereocenters. The molecule has 33 heavy (non-hydrogen) atoms. The van der Waals surface area contributed by atoms with Crippen LogP contribution >= 0.6 is 0 Å². The SMILES string of the molecule is CC/C=C(/Cc1ccc(-c2ccnc(C(F)F)c2)cc1)Nc1ccc(-c2cnccn2)cn1. The third-order valence-corrected chi connectivity index (χ3v) is 5.05. The van der Waals surface area contributed by atoms with Crippen molar-refractivity contribution in [1.29, 1.82) is 0 Å². The van der Waals surface area contributed by atoms with Gasteiger partial charge in [-0.05, 0) is 47.4 Å². The van der Waals surface area contributed by atoms with Crippen LogP contribution < -0.4 is 5.32 Å². The molecule has 0 radical (unpaired) electrons. The Morgan fingerprint density at radius 3 is 2.36 bits per heavy atom. The van der Waals surface area contributed by atoms with Gasteiger partial charge in [0, 0.05) is 42.5 Å². The zero-order chi connectivity index (χ0) is 23.0. The van der Waals surface area contributed by atoms with Crippen molar-refractivity contribution < 1.29 is 8.78 Å². The highest BCUT2D eigenvalue weighted by Crippen LogP contribution is 2.25. The first-order chi connectivity index (χ1) is 16.1. The summed E-state index contributed by atoms with van der Waals surface area (Å²) in [4.78, 5) is 16.6. The lowest BCUT2D eigenvalue weighted by Crippen LogP contribution is -2.05.